The van der Waals surface area contributed by atoms with E-state index < -0.39 is 59.5 Å². The molecule has 0 radical (unpaired) electrons. The van der Waals surface area contributed by atoms with Crippen molar-refractivity contribution in [3.05, 3.63) is 74.2 Å². The monoisotopic (exact) mass is 650 g/mol. The van der Waals surface area contributed by atoms with E-state index >= 15 is 0 Å². The van der Waals surface area contributed by atoms with Gasteiger partial charge >= 0.3 is 18.5 Å². The molecule has 1 fully saturated rings. The molecule has 1 aliphatic carbocycles. The molecule has 1 saturated carbocycles. The van der Waals surface area contributed by atoms with Crippen molar-refractivity contribution in [3.63, 3.8) is 0 Å². The molecule has 2 aromatic rings. The van der Waals surface area contributed by atoms with Crippen molar-refractivity contribution in [2.75, 3.05) is 6.54 Å². The molecule has 1 atom stereocenters. The van der Waals surface area contributed by atoms with Crippen LogP contribution in [-0.2, 0) is 11.0 Å². The number of carbonyl (C=O) groups excluding carboxylic acids is 2. The fourth-order valence-corrected chi connectivity index (χ4v) is 4.52. The van der Waals surface area contributed by atoms with Crippen molar-refractivity contribution < 1.29 is 49.1 Å². The molecule has 1 unspecified atom stereocenters. The fourth-order valence-electron chi connectivity index (χ4n) is 3.64. The lowest BCUT2D eigenvalue weighted by molar-refractivity contribution is -0.140. The van der Waals surface area contributed by atoms with Crippen LogP contribution in [0.1, 0.15) is 45.8 Å². The minimum absolute atomic E-state index is 0.00253. The Morgan fingerprint density at radius 1 is 1.00 bits per heavy atom. The zero-order valence-corrected chi connectivity index (χ0v) is 21.6. The molecule has 1 aliphatic rings. The number of nitrogens with one attached hydrogen (secondary N) is 2. The van der Waals surface area contributed by atoms with E-state index in [0.29, 0.717) is 18.2 Å². The Labute approximate surface area is 228 Å². The quantitative estimate of drug-likeness (QED) is 0.306. The van der Waals surface area contributed by atoms with Gasteiger partial charge in [-0.1, -0.05) is 45.7 Å². The number of hydrogen-bond donors (Lipinski definition) is 2. The van der Waals surface area contributed by atoms with Gasteiger partial charge in [0, 0.05) is 9.50 Å². The van der Waals surface area contributed by atoms with E-state index in [1.165, 1.54) is 6.07 Å². The summed E-state index contributed by atoms with van der Waals surface area (Å²) in [5.74, 6) is -4.81. The number of allylic oxidation sites excluding steroid dienone is 1. The van der Waals surface area contributed by atoms with Gasteiger partial charge in [-0.05, 0) is 54.3 Å². The highest BCUT2D eigenvalue weighted by molar-refractivity contribution is 9.10. The first-order valence-corrected chi connectivity index (χ1v) is 12.1. The number of benzene rings is 2. The van der Waals surface area contributed by atoms with Crippen LogP contribution in [0.2, 0.25) is 5.02 Å². The molecule has 15 heteroatoms. The van der Waals surface area contributed by atoms with E-state index in [0.717, 1.165) is 24.3 Å². The summed E-state index contributed by atoms with van der Waals surface area (Å²) in [6.07, 6.45) is -13.4. The Balaban J connectivity index is 1.89. The summed E-state index contributed by atoms with van der Waals surface area (Å²) in [5, 5.41) is 3.63. The number of carbonyl (C=O) groups is 2. The van der Waals surface area contributed by atoms with E-state index in [1.54, 1.807) is 5.32 Å². The number of amides is 2. The maximum Gasteiger partial charge on any atom is 0.417 e. The molecule has 0 aliphatic heterocycles. The second-order valence-corrected chi connectivity index (χ2v) is 10.1. The molecular formula is C24H17BrClF9N2O2. The number of halogens is 11. The zero-order valence-electron chi connectivity index (χ0n) is 19.3. The van der Waals surface area contributed by atoms with E-state index in [-0.39, 0.29) is 33.5 Å². The minimum Gasteiger partial charge on any atom is -0.345 e. The smallest absolute Gasteiger partial charge is 0.345 e. The van der Waals surface area contributed by atoms with Crippen molar-refractivity contribution in [1.82, 2.24) is 10.6 Å². The van der Waals surface area contributed by atoms with Gasteiger partial charge in [0.05, 0.1) is 17.0 Å². The largest absolute Gasteiger partial charge is 0.417 e. The number of alkyl halides is 9. The molecule has 4 nitrogen and oxygen atoms in total. The number of rotatable bonds is 7. The summed E-state index contributed by atoms with van der Waals surface area (Å²) >= 11 is 8.86. The molecule has 39 heavy (non-hydrogen) atoms. The SMILES string of the molecule is O=C(NC1(C(=O)NCC(F)(F)F)CC1)c1ccc(C=CC(c2cc(Cl)cc(Br)c2)C(F)(F)F)cc1C(F)(F)F. The molecule has 0 bridgehead atoms. The first kappa shape index (κ1) is 30.8. The summed E-state index contributed by atoms with van der Waals surface area (Å²) in [6.45, 7) is -1.69. The van der Waals surface area contributed by atoms with Crippen LogP contribution in [-0.4, -0.2) is 36.3 Å². The lowest BCUT2D eigenvalue weighted by Crippen LogP contribution is -2.51. The summed E-state index contributed by atoms with van der Waals surface area (Å²) < 4.78 is 120. The molecule has 0 aromatic heterocycles. The van der Waals surface area contributed by atoms with Gasteiger partial charge in [0.15, 0.2) is 0 Å². The highest BCUT2D eigenvalue weighted by atomic mass is 79.9. The lowest BCUT2D eigenvalue weighted by Gasteiger charge is -2.20. The standard InChI is InChI=1S/C24H17BrClF9N2O2/c25-14-8-13(9-15(26)10-14)17(23(30,31)32)4-2-12-1-3-16(18(7-12)24(33,34)35)19(38)37-21(5-6-21)20(39)36-11-22(27,28)29/h1-4,7-10,17H,5-6,11H2,(H,36,39)(H,37,38). The molecule has 2 aromatic carbocycles. The molecule has 2 N–H and O–H groups in total. The summed E-state index contributed by atoms with van der Waals surface area (Å²) in [7, 11) is 0. The van der Waals surface area contributed by atoms with Gasteiger partial charge in [-0.25, -0.2) is 0 Å². The maximum absolute atomic E-state index is 13.8. The van der Waals surface area contributed by atoms with Gasteiger partial charge < -0.3 is 10.6 Å². The second kappa shape index (κ2) is 11.0. The van der Waals surface area contributed by atoms with Crippen LogP contribution < -0.4 is 10.6 Å². The predicted octanol–water partition coefficient (Wildman–Crippen LogP) is 7.42. The van der Waals surface area contributed by atoms with Crippen LogP contribution in [0.3, 0.4) is 0 Å². The van der Waals surface area contributed by atoms with E-state index in [1.807, 2.05) is 0 Å². The molecule has 0 spiro atoms. The Morgan fingerprint density at radius 2 is 1.64 bits per heavy atom. The Bertz CT molecular complexity index is 1270. The van der Waals surface area contributed by atoms with Crippen molar-refractivity contribution in [3.8, 4) is 0 Å². The van der Waals surface area contributed by atoms with E-state index in [4.69, 9.17) is 11.6 Å². The van der Waals surface area contributed by atoms with E-state index in [9.17, 15) is 49.1 Å². The van der Waals surface area contributed by atoms with Gasteiger partial charge in [-0.3, -0.25) is 9.59 Å². The van der Waals surface area contributed by atoms with Crippen LogP contribution in [0.15, 0.2) is 46.9 Å². The molecular weight excluding hydrogens is 635 g/mol. The molecule has 2 amide bonds. The Hall–Kier alpha value is -2.74. The van der Waals surface area contributed by atoms with Gasteiger partial charge in [0.2, 0.25) is 5.91 Å². The van der Waals surface area contributed by atoms with Gasteiger partial charge in [-0.2, -0.15) is 39.5 Å². The molecule has 3 rings (SSSR count). The normalized spacial score (nSPS) is 16.2. The van der Waals surface area contributed by atoms with Gasteiger partial charge in [0.1, 0.15) is 12.1 Å². The van der Waals surface area contributed by atoms with Crippen LogP contribution in [0.5, 0.6) is 0 Å². The zero-order chi connectivity index (χ0) is 29.4. The van der Waals surface area contributed by atoms with E-state index in [2.05, 4.69) is 21.2 Å². The lowest BCUT2D eigenvalue weighted by atomic mass is 9.96. The molecule has 212 valence electrons. The third-order valence-electron chi connectivity index (χ3n) is 5.66. The third-order valence-corrected chi connectivity index (χ3v) is 6.33. The third kappa shape index (κ3) is 8.13. The first-order chi connectivity index (χ1) is 17.8. The van der Waals surface area contributed by atoms with Crippen molar-refractivity contribution in [2.45, 2.75) is 42.8 Å². The highest BCUT2D eigenvalue weighted by Crippen LogP contribution is 2.40. The maximum atomic E-state index is 13.8. The van der Waals surface area contributed by atoms with Crippen LogP contribution in [0, 0.1) is 0 Å². The average molecular weight is 652 g/mol. The van der Waals surface area contributed by atoms with Crippen molar-refractivity contribution in [1.29, 1.82) is 0 Å². The highest BCUT2D eigenvalue weighted by Gasteiger charge is 2.52. The number of hydrogen-bond acceptors (Lipinski definition) is 2. The topological polar surface area (TPSA) is 58.2 Å². The fraction of sp³-hybridized carbons (Fsp3) is 0.333. The minimum atomic E-state index is -5.13. The van der Waals surface area contributed by atoms with Gasteiger partial charge in [0.25, 0.3) is 5.91 Å². The summed E-state index contributed by atoms with van der Waals surface area (Å²) in [4.78, 5) is 24.7. The van der Waals surface area contributed by atoms with Crippen LogP contribution >= 0.6 is 27.5 Å². The second-order valence-electron chi connectivity index (χ2n) is 8.72. The van der Waals surface area contributed by atoms with Crippen molar-refractivity contribution >= 4 is 45.4 Å². The Morgan fingerprint density at radius 3 is 2.15 bits per heavy atom. The predicted molar refractivity (Wildman–Crippen MR) is 127 cm³/mol. The van der Waals surface area contributed by atoms with Gasteiger partial charge in [-0.15, -0.1) is 0 Å². The first-order valence-electron chi connectivity index (χ1n) is 10.9. The van der Waals surface area contributed by atoms with Crippen LogP contribution in [0.25, 0.3) is 6.08 Å². The molecule has 0 saturated heterocycles. The van der Waals surface area contributed by atoms with Crippen LogP contribution in [0.4, 0.5) is 39.5 Å². The molecule has 0 heterocycles. The summed E-state index contributed by atoms with van der Waals surface area (Å²) in [5.41, 5.74) is -4.86. The summed E-state index contributed by atoms with van der Waals surface area (Å²) in [6, 6.07) is 5.69. The Kier molecular flexibility index (Phi) is 8.71. The average Bonchev–Trinajstić information content (AvgIpc) is 3.55. The van der Waals surface area contributed by atoms with Crippen molar-refractivity contribution in [2.24, 2.45) is 0 Å².